The summed E-state index contributed by atoms with van der Waals surface area (Å²) in [5.74, 6) is -0.0484. The van der Waals surface area contributed by atoms with Crippen LogP contribution in [0.15, 0.2) is 0 Å². The summed E-state index contributed by atoms with van der Waals surface area (Å²) in [6, 6.07) is 0. The third-order valence-corrected chi connectivity index (χ3v) is 14.1. The third kappa shape index (κ3) is 13.7. The monoisotopic (exact) mass is 792 g/mol. The highest BCUT2D eigenvalue weighted by Gasteiger charge is 2.64. The number of fused-ring (bicyclic) bond motifs is 1. The van der Waals surface area contributed by atoms with Crippen LogP contribution >= 0.6 is 0 Å². The Morgan fingerprint density at radius 1 is 0.679 bits per heavy atom. The minimum Gasteiger partial charge on any atom is -0.466 e. The second-order valence-corrected chi connectivity index (χ2v) is 18.0. The molecule has 0 aromatic heterocycles. The van der Waals surface area contributed by atoms with E-state index in [4.69, 9.17) is 36.1 Å². The quantitative estimate of drug-likeness (QED) is 0.0440. The number of rotatable bonds is 26. The molecule has 324 valence electrons. The van der Waals surface area contributed by atoms with Gasteiger partial charge >= 0.3 is 23.9 Å². The normalized spacial score (nSPS) is 29.9. The molecule has 0 saturated heterocycles. The average molecular weight is 792 g/mol. The minimum atomic E-state index is -0.384. The van der Waals surface area contributed by atoms with Gasteiger partial charge in [-0.3, -0.25) is 19.2 Å². The standard InChI is InChI=1S/C45H81N3O8/c1-6-8-9-10-11-12-30-53-39(49)22-19-32(3)34-20-21-35-43(37(7-2)55-41(51)17-14-28-47)36(31-38(45(34,35)5)56-42(52)18-15-29-48)44(4)25-23-33(24-26-44)54-40(50)16-13-27-46/h32-38,43H,6-31,46-48H2,1-5H3/t32-,33-,34?,35+,36+,37-,38+,43?,44+,45-/m1/s1. The molecule has 3 saturated carbocycles. The van der Waals surface area contributed by atoms with E-state index in [-0.39, 0.29) is 95.5 Å². The van der Waals surface area contributed by atoms with E-state index >= 15 is 0 Å². The Morgan fingerprint density at radius 3 is 1.88 bits per heavy atom. The smallest absolute Gasteiger partial charge is 0.306 e. The van der Waals surface area contributed by atoms with Gasteiger partial charge in [0.05, 0.1) is 6.61 Å². The molecule has 3 rings (SSSR count). The molecule has 0 spiro atoms. The minimum absolute atomic E-state index is 0.0546. The maximum atomic E-state index is 13.5. The lowest BCUT2D eigenvalue weighted by Gasteiger charge is -2.59. The topological polar surface area (TPSA) is 183 Å². The van der Waals surface area contributed by atoms with E-state index in [0.29, 0.717) is 77.6 Å². The second kappa shape index (κ2) is 24.6. The van der Waals surface area contributed by atoms with Crippen molar-refractivity contribution in [1.29, 1.82) is 0 Å². The van der Waals surface area contributed by atoms with Gasteiger partial charge in [-0.25, -0.2) is 0 Å². The third-order valence-electron chi connectivity index (χ3n) is 14.1. The molecule has 0 radical (unpaired) electrons. The van der Waals surface area contributed by atoms with Gasteiger partial charge in [0.1, 0.15) is 18.3 Å². The summed E-state index contributed by atoms with van der Waals surface area (Å²) in [6.45, 7) is 13.0. The molecule has 2 unspecified atom stereocenters. The average Bonchev–Trinajstić information content (AvgIpc) is 3.55. The van der Waals surface area contributed by atoms with E-state index in [1.807, 2.05) is 0 Å². The van der Waals surface area contributed by atoms with E-state index in [0.717, 1.165) is 51.4 Å². The van der Waals surface area contributed by atoms with Gasteiger partial charge in [-0.05, 0) is 132 Å². The number of unbranched alkanes of at least 4 members (excludes halogenated alkanes) is 5. The summed E-state index contributed by atoms with van der Waals surface area (Å²) in [5.41, 5.74) is 16.7. The Morgan fingerprint density at radius 2 is 1.27 bits per heavy atom. The van der Waals surface area contributed by atoms with Crippen molar-refractivity contribution in [3.8, 4) is 0 Å². The molecular formula is C45H81N3O8. The van der Waals surface area contributed by atoms with Crippen LogP contribution in [0.5, 0.6) is 0 Å². The van der Waals surface area contributed by atoms with Gasteiger partial charge in [-0.1, -0.05) is 66.7 Å². The summed E-state index contributed by atoms with van der Waals surface area (Å²) in [5, 5.41) is 0. The molecule has 0 heterocycles. The number of esters is 4. The summed E-state index contributed by atoms with van der Waals surface area (Å²) in [6.07, 6.45) is 16.3. The molecule has 0 aromatic rings. The van der Waals surface area contributed by atoms with Gasteiger partial charge in [0.25, 0.3) is 0 Å². The van der Waals surface area contributed by atoms with Crippen LogP contribution in [0.4, 0.5) is 0 Å². The molecule has 6 N–H and O–H groups in total. The second-order valence-electron chi connectivity index (χ2n) is 18.0. The van der Waals surface area contributed by atoms with E-state index in [2.05, 4.69) is 34.6 Å². The molecule has 0 bridgehead atoms. The zero-order valence-electron chi connectivity index (χ0n) is 36.0. The molecular weight excluding hydrogens is 711 g/mol. The zero-order valence-corrected chi connectivity index (χ0v) is 36.0. The molecule has 0 aromatic carbocycles. The fourth-order valence-electron chi connectivity index (χ4n) is 10.9. The van der Waals surface area contributed by atoms with E-state index in [1.54, 1.807) is 0 Å². The van der Waals surface area contributed by atoms with Crippen molar-refractivity contribution < 1.29 is 38.1 Å². The Labute approximate surface area is 339 Å². The highest BCUT2D eigenvalue weighted by atomic mass is 16.6. The summed E-state index contributed by atoms with van der Waals surface area (Å²) < 4.78 is 24.6. The highest BCUT2D eigenvalue weighted by Crippen LogP contribution is 2.66. The largest absolute Gasteiger partial charge is 0.466 e. The summed E-state index contributed by atoms with van der Waals surface area (Å²) in [7, 11) is 0. The molecule has 3 aliphatic carbocycles. The van der Waals surface area contributed by atoms with E-state index in [9.17, 15) is 19.2 Å². The SMILES string of the molecule is CCCCCCCCOC(=O)CC[C@@H](C)C1CC[C@H]2C([C@@H](CC)OC(=O)CCCN)[C@@H]([C@]3(C)CC[C@H](OC(=O)CCCN)CC3)C[C@H](OC(=O)CCCN)[C@]12C. The van der Waals surface area contributed by atoms with Gasteiger partial charge in [0.15, 0.2) is 0 Å². The predicted molar refractivity (Wildman–Crippen MR) is 220 cm³/mol. The highest BCUT2D eigenvalue weighted by molar-refractivity contribution is 5.70. The van der Waals surface area contributed by atoms with Crippen LogP contribution in [0.1, 0.15) is 176 Å². The Hall–Kier alpha value is -2.24. The lowest BCUT2D eigenvalue weighted by molar-refractivity contribution is -0.200. The van der Waals surface area contributed by atoms with Gasteiger partial charge in [-0.15, -0.1) is 0 Å². The molecule has 0 aliphatic heterocycles. The van der Waals surface area contributed by atoms with Crippen LogP contribution in [0.25, 0.3) is 0 Å². The number of carbonyl (C=O) groups is 4. The fourth-order valence-corrected chi connectivity index (χ4v) is 10.9. The Kier molecular flexibility index (Phi) is 21.2. The molecule has 56 heavy (non-hydrogen) atoms. The lowest BCUT2D eigenvalue weighted by Crippen LogP contribution is -2.59. The van der Waals surface area contributed by atoms with Gasteiger partial charge < -0.3 is 36.1 Å². The van der Waals surface area contributed by atoms with Crippen molar-refractivity contribution >= 4 is 23.9 Å². The van der Waals surface area contributed by atoms with Crippen molar-refractivity contribution in [2.75, 3.05) is 26.2 Å². The first-order valence-electron chi connectivity index (χ1n) is 22.7. The molecule has 0 amide bonds. The molecule has 11 heteroatoms. The van der Waals surface area contributed by atoms with Crippen LogP contribution in [0, 0.1) is 40.4 Å². The number of carbonyl (C=O) groups excluding carboxylic acids is 4. The Bertz CT molecular complexity index is 1190. The maximum absolute atomic E-state index is 13.5. The number of nitrogens with two attached hydrogens (primary N) is 3. The maximum Gasteiger partial charge on any atom is 0.306 e. The number of ether oxygens (including phenoxy) is 4. The lowest BCUT2D eigenvalue weighted by atomic mass is 9.48. The molecule has 11 nitrogen and oxygen atoms in total. The van der Waals surface area contributed by atoms with Crippen molar-refractivity contribution in [2.24, 2.45) is 57.6 Å². The van der Waals surface area contributed by atoms with Crippen molar-refractivity contribution in [1.82, 2.24) is 0 Å². The molecule has 8 atom stereocenters. The first-order chi connectivity index (χ1) is 26.9. The summed E-state index contributed by atoms with van der Waals surface area (Å²) >= 11 is 0. The first kappa shape index (κ1) is 48.1. The zero-order chi connectivity index (χ0) is 41.1. The van der Waals surface area contributed by atoms with Crippen LogP contribution in [-0.4, -0.2) is 68.4 Å². The van der Waals surface area contributed by atoms with Crippen molar-refractivity contribution in [3.63, 3.8) is 0 Å². The van der Waals surface area contributed by atoms with E-state index < -0.39 is 0 Å². The van der Waals surface area contributed by atoms with Crippen LogP contribution in [0.3, 0.4) is 0 Å². The Balaban J connectivity index is 1.90. The number of hydrogen-bond donors (Lipinski definition) is 3. The summed E-state index contributed by atoms with van der Waals surface area (Å²) in [4.78, 5) is 52.3. The van der Waals surface area contributed by atoms with Crippen LogP contribution < -0.4 is 17.2 Å². The predicted octanol–water partition coefficient (Wildman–Crippen LogP) is 7.92. The van der Waals surface area contributed by atoms with Crippen molar-refractivity contribution in [2.45, 2.75) is 194 Å². The fraction of sp³-hybridized carbons (Fsp3) is 0.911. The van der Waals surface area contributed by atoms with Crippen LogP contribution in [0.2, 0.25) is 0 Å². The first-order valence-corrected chi connectivity index (χ1v) is 22.7. The van der Waals surface area contributed by atoms with Crippen LogP contribution in [-0.2, 0) is 38.1 Å². The van der Waals surface area contributed by atoms with E-state index in [1.165, 1.54) is 25.7 Å². The van der Waals surface area contributed by atoms with Gasteiger partial charge in [-0.2, -0.15) is 0 Å². The number of hydrogen-bond acceptors (Lipinski definition) is 11. The van der Waals surface area contributed by atoms with Crippen molar-refractivity contribution in [3.05, 3.63) is 0 Å². The molecule has 3 fully saturated rings. The van der Waals surface area contributed by atoms with Gasteiger partial charge in [0, 0.05) is 37.0 Å². The molecule has 3 aliphatic rings. The van der Waals surface area contributed by atoms with Gasteiger partial charge in [0.2, 0.25) is 0 Å².